The van der Waals surface area contributed by atoms with Crippen LogP contribution in [-0.4, -0.2) is 67.7 Å². The van der Waals surface area contributed by atoms with Crippen molar-refractivity contribution in [1.82, 2.24) is 4.90 Å². The van der Waals surface area contributed by atoms with Gasteiger partial charge in [-0.25, -0.2) is 13.2 Å². The second kappa shape index (κ2) is 7.84. The third kappa shape index (κ3) is 5.35. The van der Waals surface area contributed by atoms with Crippen LogP contribution >= 0.6 is 0 Å². The number of alkyl halides is 5. The van der Waals surface area contributed by atoms with Gasteiger partial charge in [0.05, 0.1) is 6.61 Å². The summed E-state index contributed by atoms with van der Waals surface area (Å²) in [4.78, 5) is 23.7. The lowest BCUT2D eigenvalue weighted by Crippen LogP contribution is -2.61. The molecular weight excluding hydrogens is 397 g/mol. The molecule has 0 N–H and O–H groups in total. The molecule has 1 amide bonds. The Morgan fingerprint density at radius 2 is 1.62 bits per heavy atom. The highest BCUT2D eigenvalue weighted by Gasteiger charge is 2.67. The van der Waals surface area contributed by atoms with Crippen molar-refractivity contribution < 1.29 is 54.0 Å². The lowest BCUT2D eigenvalue weighted by Gasteiger charge is -2.35. The van der Waals surface area contributed by atoms with Crippen LogP contribution in [-0.2, 0) is 29.2 Å². The molecule has 1 unspecified atom stereocenters. The maximum atomic E-state index is 13.4. The van der Waals surface area contributed by atoms with Gasteiger partial charge in [0.15, 0.2) is 10.1 Å². The van der Waals surface area contributed by atoms with E-state index in [9.17, 15) is 44.5 Å². The van der Waals surface area contributed by atoms with Gasteiger partial charge in [0.25, 0.3) is 0 Å². The van der Waals surface area contributed by atoms with Gasteiger partial charge in [-0.15, -0.1) is 0 Å². The van der Waals surface area contributed by atoms with E-state index in [1.807, 2.05) is 0 Å². The standard InChI is InChI=1S/C12H16F5NO7S/c1-7(2)8(19)25-11(12(15,16)17,9(20)18(3)4)24-6-5-10(13,14)26(21,22)23/h1,5-6H2,2-4H3,(H,21,22,23)/p-1. The van der Waals surface area contributed by atoms with Gasteiger partial charge in [-0.3, -0.25) is 4.79 Å². The average molecular weight is 412 g/mol. The molecule has 0 aromatic heterocycles. The number of amides is 1. The Kier molecular flexibility index (Phi) is 7.29. The maximum absolute atomic E-state index is 13.4. The van der Waals surface area contributed by atoms with Crippen LogP contribution in [0.25, 0.3) is 0 Å². The topological polar surface area (TPSA) is 113 Å². The molecule has 0 saturated heterocycles. The summed E-state index contributed by atoms with van der Waals surface area (Å²) >= 11 is 0. The summed E-state index contributed by atoms with van der Waals surface area (Å²) in [6, 6.07) is 0. The predicted molar refractivity (Wildman–Crippen MR) is 73.6 cm³/mol. The molecule has 1 atom stereocenters. The van der Waals surface area contributed by atoms with Crippen molar-refractivity contribution in [2.75, 3.05) is 20.7 Å². The number of nitrogens with zero attached hydrogens (tertiary/aromatic N) is 1. The number of rotatable bonds is 8. The second-order valence-corrected chi connectivity index (χ2v) is 6.68. The molecule has 26 heavy (non-hydrogen) atoms. The zero-order chi connectivity index (χ0) is 21.1. The highest BCUT2D eigenvalue weighted by atomic mass is 32.2. The molecule has 0 aromatic rings. The molecule has 0 aliphatic carbocycles. The Balaban J connectivity index is 5.88. The van der Waals surface area contributed by atoms with Gasteiger partial charge in [0, 0.05) is 26.1 Å². The Labute approximate surface area is 145 Å². The Morgan fingerprint density at radius 3 is 1.92 bits per heavy atom. The van der Waals surface area contributed by atoms with Crippen LogP contribution in [0.5, 0.6) is 0 Å². The zero-order valence-electron chi connectivity index (χ0n) is 13.7. The van der Waals surface area contributed by atoms with Crippen LogP contribution in [0.15, 0.2) is 12.2 Å². The van der Waals surface area contributed by atoms with Crippen molar-refractivity contribution in [2.45, 2.75) is 30.6 Å². The number of hydrogen-bond donors (Lipinski definition) is 0. The molecule has 14 heteroatoms. The fourth-order valence-electron chi connectivity index (χ4n) is 1.35. The first-order chi connectivity index (χ1) is 11.4. The summed E-state index contributed by atoms with van der Waals surface area (Å²) in [5, 5.41) is -4.97. The largest absolute Gasteiger partial charge is 0.743 e. The van der Waals surface area contributed by atoms with Crippen molar-refractivity contribution in [2.24, 2.45) is 0 Å². The van der Waals surface area contributed by atoms with Crippen molar-refractivity contribution in [1.29, 1.82) is 0 Å². The van der Waals surface area contributed by atoms with E-state index in [-0.39, 0.29) is 0 Å². The van der Waals surface area contributed by atoms with Gasteiger partial charge in [-0.05, 0) is 6.92 Å². The van der Waals surface area contributed by atoms with Gasteiger partial charge in [-0.1, -0.05) is 6.58 Å². The first kappa shape index (κ1) is 24.2. The summed E-state index contributed by atoms with van der Waals surface area (Å²) in [7, 11) is -4.53. The van der Waals surface area contributed by atoms with E-state index in [1.165, 1.54) is 0 Å². The van der Waals surface area contributed by atoms with Crippen molar-refractivity contribution in [3.63, 3.8) is 0 Å². The third-order valence-corrected chi connectivity index (χ3v) is 3.65. The SMILES string of the molecule is C=C(C)C(=O)OC(OCCC(F)(F)S(=O)(=O)[O-])(C(=O)N(C)C)C(F)(F)F. The predicted octanol–water partition coefficient (Wildman–Crippen LogP) is 0.997. The Hall–Kier alpha value is -1.80. The minimum Gasteiger partial charge on any atom is -0.743 e. The van der Waals surface area contributed by atoms with Crippen molar-refractivity contribution >= 4 is 22.0 Å². The van der Waals surface area contributed by atoms with Crippen molar-refractivity contribution in [3.8, 4) is 0 Å². The quantitative estimate of drug-likeness (QED) is 0.192. The van der Waals surface area contributed by atoms with Crippen molar-refractivity contribution in [3.05, 3.63) is 12.2 Å². The normalized spacial score (nSPS) is 15.1. The highest BCUT2D eigenvalue weighted by Crippen LogP contribution is 2.38. The van der Waals surface area contributed by atoms with Gasteiger partial charge in [0.2, 0.25) is 0 Å². The molecule has 0 rings (SSSR count). The second-order valence-electron chi connectivity index (χ2n) is 5.17. The molecule has 0 aromatic carbocycles. The first-order valence-corrected chi connectivity index (χ1v) is 7.94. The summed E-state index contributed by atoms with van der Waals surface area (Å²) in [6.45, 7) is 2.21. The lowest BCUT2D eigenvalue weighted by atomic mass is 10.2. The molecule has 0 spiro atoms. The number of esters is 1. The van der Waals surface area contributed by atoms with Gasteiger partial charge >= 0.3 is 29.1 Å². The third-order valence-electron chi connectivity index (χ3n) is 2.71. The van der Waals surface area contributed by atoms with E-state index < -0.39 is 57.8 Å². The minimum atomic E-state index is -6.19. The average Bonchev–Trinajstić information content (AvgIpc) is 2.42. The van der Waals surface area contributed by atoms with E-state index in [0.717, 1.165) is 21.0 Å². The molecule has 0 aliphatic rings. The fraction of sp³-hybridized carbons (Fsp3) is 0.667. The molecule has 0 bridgehead atoms. The number of ether oxygens (including phenoxy) is 2. The molecule has 0 radical (unpaired) electrons. The first-order valence-electron chi connectivity index (χ1n) is 6.53. The summed E-state index contributed by atoms with van der Waals surface area (Å²) in [5.74, 6) is -8.05. The van der Waals surface area contributed by atoms with Gasteiger partial charge < -0.3 is 18.9 Å². The Bertz CT molecular complexity index is 674. The zero-order valence-corrected chi connectivity index (χ0v) is 14.5. The molecule has 0 saturated carbocycles. The minimum absolute atomic E-state index is 0.307. The number of carbonyl (C=O) groups is 2. The van der Waals surface area contributed by atoms with Gasteiger partial charge in [0.1, 0.15) is 0 Å². The monoisotopic (exact) mass is 412 g/mol. The van der Waals surface area contributed by atoms with E-state index in [2.05, 4.69) is 16.1 Å². The highest BCUT2D eigenvalue weighted by molar-refractivity contribution is 7.86. The molecule has 0 heterocycles. The molecule has 8 nitrogen and oxygen atoms in total. The van der Waals surface area contributed by atoms with Crippen LogP contribution in [0.4, 0.5) is 22.0 Å². The van der Waals surface area contributed by atoms with E-state index in [1.54, 1.807) is 0 Å². The van der Waals surface area contributed by atoms with E-state index >= 15 is 0 Å². The molecular formula is C12H15F5NO7S-. The smallest absolute Gasteiger partial charge is 0.466 e. The van der Waals surface area contributed by atoms with E-state index in [0.29, 0.717) is 4.90 Å². The van der Waals surface area contributed by atoms with Gasteiger partial charge in [-0.2, -0.15) is 22.0 Å². The number of hydrogen-bond acceptors (Lipinski definition) is 7. The number of halogens is 5. The summed E-state index contributed by atoms with van der Waals surface area (Å²) in [6.07, 6.45) is -7.74. The van der Waals surface area contributed by atoms with Crippen LogP contribution in [0.2, 0.25) is 0 Å². The molecule has 0 fully saturated rings. The molecule has 0 aliphatic heterocycles. The number of carbonyl (C=O) groups excluding carboxylic acids is 2. The molecule has 152 valence electrons. The van der Waals surface area contributed by atoms with Crippen LogP contribution in [0.1, 0.15) is 13.3 Å². The fourth-order valence-corrected chi connectivity index (χ4v) is 1.68. The van der Waals surface area contributed by atoms with E-state index in [4.69, 9.17) is 0 Å². The van der Waals surface area contributed by atoms with Crippen LogP contribution in [0.3, 0.4) is 0 Å². The maximum Gasteiger partial charge on any atom is 0.466 e. The lowest BCUT2D eigenvalue weighted by molar-refractivity contribution is -0.350. The van der Waals surface area contributed by atoms with Crippen LogP contribution < -0.4 is 0 Å². The van der Waals surface area contributed by atoms with Crippen LogP contribution in [0, 0.1) is 0 Å². The Morgan fingerprint density at radius 1 is 1.15 bits per heavy atom. The summed E-state index contributed by atoms with van der Waals surface area (Å²) < 4.78 is 106. The number of likely N-dealkylation sites (N-methyl/N-ethyl adjacent to an activating group) is 1. The summed E-state index contributed by atoms with van der Waals surface area (Å²) in [5.41, 5.74) is -0.568.